The molecule has 0 unspecified atom stereocenters. The number of carbonyl (C=O) groups excluding carboxylic acids is 2. The molecular formula is C17H16FNO3. The Kier molecular flexibility index (Phi) is 4.88. The van der Waals surface area contributed by atoms with Crippen LogP contribution in [0.5, 0.6) is 5.75 Å². The van der Waals surface area contributed by atoms with Gasteiger partial charge in [0, 0.05) is 18.4 Å². The van der Waals surface area contributed by atoms with Crippen molar-refractivity contribution in [3.63, 3.8) is 0 Å². The summed E-state index contributed by atoms with van der Waals surface area (Å²) in [5, 5.41) is 12.2. The Balaban J connectivity index is 1.91. The number of aromatic hydroxyl groups is 1. The molecule has 0 spiro atoms. The van der Waals surface area contributed by atoms with Crippen molar-refractivity contribution in [1.29, 1.82) is 0 Å². The Labute approximate surface area is 127 Å². The number of Topliss-reactive ketones (excluding diaryl/α,β-unsaturated/α-hetero) is 1. The molecule has 5 heteroatoms. The fraction of sp³-hybridized carbons (Fsp3) is 0.176. The monoisotopic (exact) mass is 301 g/mol. The smallest absolute Gasteiger partial charge is 0.224 e. The predicted molar refractivity (Wildman–Crippen MR) is 81.4 cm³/mol. The minimum atomic E-state index is -0.413. The van der Waals surface area contributed by atoms with Crippen molar-refractivity contribution in [3.8, 4) is 5.75 Å². The summed E-state index contributed by atoms with van der Waals surface area (Å²) in [6.07, 6.45) is 0.00757. The Hall–Kier alpha value is -2.69. The molecule has 0 fully saturated rings. The highest BCUT2D eigenvalue weighted by Gasteiger charge is 2.11. The van der Waals surface area contributed by atoms with Gasteiger partial charge in [-0.15, -0.1) is 0 Å². The van der Waals surface area contributed by atoms with E-state index in [1.54, 1.807) is 12.1 Å². The maximum Gasteiger partial charge on any atom is 0.224 e. The molecule has 2 N–H and O–H groups in total. The molecule has 1 amide bonds. The van der Waals surface area contributed by atoms with Crippen LogP contribution in [0.3, 0.4) is 0 Å². The second-order valence-corrected chi connectivity index (χ2v) is 5.00. The first kappa shape index (κ1) is 15.7. The molecule has 114 valence electrons. The zero-order valence-corrected chi connectivity index (χ0v) is 12.1. The van der Waals surface area contributed by atoms with Gasteiger partial charge >= 0.3 is 0 Å². The second-order valence-electron chi connectivity index (χ2n) is 5.00. The van der Waals surface area contributed by atoms with Gasteiger partial charge in [-0.1, -0.05) is 6.07 Å². The van der Waals surface area contributed by atoms with E-state index in [2.05, 4.69) is 5.32 Å². The lowest BCUT2D eigenvalue weighted by atomic mass is 10.1. The van der Waals surface area contributed by atoms with E-state index in [9.17, 15) is 19.1 Å². The van der Waals surface area contributed by atoms with Gasteiger partial charge in [-0.25, -0.2) is 4.39 Å². The van der Waals surface area contributed by atoms with Crippen molar-refractivity contribution in [1.82, 2.24) is 0 Å². The highest BCUT2D eigenvalue weighted by atomic mass is 19.1. The van der Waals surface area contributed by atoms with Gasteiger partial charge in [0.15, 0.2) is 5.78 Å². The summed E-state index contributed by atoms with van der Waals surface area (Å²) < 4.78 is 12.8. The summed E-state index contributed by atoms with van der Waals surface area (Å²) in [5.41, 5.74) is 1.59. The molecule has 0 aromatic heterocycles. The Bertz CT molecular complexity index is 696. The van der Waals surface area contributed by atoms with Crippen LogP contribution in [-0.4, -0.2) is 16.8 Å². The first-order valence-corrected chi connectivity index (χ1v) is 6.84. The number of phenolic OH excluding ortho intramolecular Hbond substituents is 1. The zero-order chi connectivity index (χ0) is 16.1. The maximum atomic E-state index is 12.8. The quantitative estimate of drug-likeness (QED) is 0.656. The first-order chi connectivity index (χ1) is 10.5. The van der Waals surface area contributed by atoms with Crippen LogP contribution in [0.1, 0.15) is 28.8 Å². The summed E-state index contributed by atoms with van der Waals surface area (Å²) in [4.78, 5) is 23.7. The summed E-state index contributed by atoms with van der Waals surface area (Å²) >= 11 is 0. The molecule has 0 bridgehead atoms. The molecule has 0 aliphatic carbocycles. The lowest BCUT2D eigenvalue weighted by molar-refractivity contribution is -0.116. The molecular weight excluding hydrogens is 285 g/mol. The number of hydrogen-bond donors (Lipinski definition) is 2. The number of carbonyl (C=O) groups is 2. The predicted octanol–water partition coefficient (Wildman–Crippen LogP) is 3.44. The van der Waals surface area contributed by atoms with Crippen LogP contribution in [0, 0.1) is 12.7 Å². The number of nitrogens with one attached hydrogen (secondary N) is 1. The standard InChI is InChI=1S/C17H16FNO3/c1-11-2-7-16(21)14(10-11)19-17(22)9-8-15(20)12-3-5-13(18)6-4-12/h2-7,10,21H,8-9H2,1H3,(H,19,22). The number of anilines is 1. The fourth-order valence-electron chi connectivity index (χ4n) is 1.97. The lowest BCUT2D eigenvalue weighted by Gasteiger charge is -2.08. The SMILES string of the molecule is Cc1ccc(O)c(NC(=O)CCC(=O)c2ccc(F)cc2)c1. The minimum Gasteiger partial charge on any atom is -0.506 e. The molecule has 0 aliphatic heterocycles. The molecule has 2 aromatic rings. The molecule has 2 rings (SSSR count). The number of amides is 1. The number of rotatable bonds is 5. The molecule has 0 saturated carbocycles. The third-order valence-corrected chi connectivity index (χ3v) is 3.17. The van der Waals surface area contributed by atoms with Crippen LogP contribution in [0.2, 0.25) is 0 Å². The number of aryl methyl sites for hydroxylation is 1. The van der Waals surface area contributed by atoms with Gasteiger partial charge in [-0.05, 0) is 48.9 Å². The van der Waals surface area contributed by atoms with Crippen molar-refractivity contribution in [2.75, 3.05) is 5.32 Å². The summed E-state index contributed by atoms with van der Waals surface area (Å²) in [7, 11) is 0. The van der Waals surface area contributed by atoms with Gasteiger partial charge in [0.1, 0.15) is 11.6 Å². The highest BCUT2D eigenvalue weighted by molar-refractivity contribution is 6.00. The fourth-order valence-corrected chi connectivity index (χ4v) is 1.97. The van der Waals surface area contributed by atoms with Crippen molar-refractivity contribution in [2.24, 2.45) is 0 Å². The Morgan fingerprint density at radius 1 is 1.09 bits per heavy atom. The van der Waals surface area contributed by atoms with Gasteiger partial charge in [0.2, 0.25) is 5.91 Å². The van der Waals surface area contributed by atoms with E-state index in [4.69, 9.17) is 0 Å². The lowest BCUT2D eigenvalue weighted by Crippen LogP contribution is -2.13. The van der Waals surface area contributed by atoms with E-state index in [-0.39, 0.29) is 30.3 Å². The minimum absolute atomic E-state index is 0.0103. The van der Waals surface area contributed by atoms with Gasteiger partial charge < -0.3 is 10.4 Å². The first-order valence-electron chi connectivity index (χ1n) is 6.84. The van der Waals surface area contributed by atoms with Crippen molar-refractivity contribution >= 4 is 17.4 Å². The van der Waals surface area contributed by atoms with Crippen LogP contribution in [-0.2, 0) is 4.79 Å². The van der Waals surface area contributed by atoms with E-state index < -0.39 is 5.82 Å². The number of hydrogen-bond acceptors (Lipinski definition) is 3. The van der Waals surface area contributed by atoms with E-state index in [1.165, 1.54) is 30.3 Å². The average molecular weight is 301 g/mol. The van der Waals surface area contributed by atoms with Gasteiger partial charge in [0.05, 0.1) is 5.69 Å². The van der Waals surface area contributed by atoms with Gasteiger partial charge in [-0.2, -0.15) is 0 Å². The highest BCUT2D eigenvalue weighted by Crippen LogP contribution is 2.24. The second kappa shape index (κ2) is 6.85. The third-order valence-electron chi connectivity index (χ3n) is 3.17. The van der Waals surface area contributed by atoms with Crippen LogP contribution in [0.25, 0.3) is 0 Å². The number of phenols is 1. The summed E-state index contributed by atoms with van der Waals surface area (Å²) in [6.45, 7) is 1.84. The molecule has 0 saturated heterocycles. The molecule has 0 aliphatic rings. The normalized spacial score (nSPS) is 10.3. The topological polar surface area (TPSA) is 66.4 Å². The van der Waals surface area contributed by atoms with E-state index in [1.807, 2.05) is 6.92 Å². The van der Waals surface area contributed by atoms with E-state index >= 15 is 0 Å². The number of benzene rings is 2. The van der Waals surface area contributed by atoms with E-state index in [0.29, 0.717) is 11.3 Å². The third kappa shape index (κ3) is 4.15. The molecule has 0 atom stereocenters. The van der Waals surface area contributed by atoms with Crippen molar-refractivity contribution < 1.29 is 19.1 Å². The van der Waals surface area contributed by atoms with E-state index in [0.717, 1.165) is 5.56 Å². The Morgan fingerprint density at radius 2 is 1.77 bits per heavy atom. The molecule has 2 aromatic carbocycles. The van der Waals surface area contributed by atoms with Gasteiger partial charge in [0.25, 0.3) is 0 Å². The Morgan fingerprint density at radius 3 is 2.45 bits per heavy atom. The van der Waals surface area contributed by atoms with Crippen LogP contribution < -0.4 is 5.32 Å². The molecule has 22 heavy (non-hydrogen) atoms. The largest absolute Gasteiger partial charge is 0.506 e. The van der Waals surface area contributed by atoms with Crippen LogP contribution in [0.15, 0.2) is 42.5 Å². The maximum absolute atomic E-state index is 12.8. The zero-order valence-electron chi connectivity index (χ0n) is 12.1. The van der Waals surface area contributed by atoms with Crippen LogP contribution >= 0.6 is 0 Å². The summed E-state index contributed by atoms with van der Waals surface area (Å²) in [6, 6.07) is 10.1. The molecule has 4 nitrogen and oxygen atoms in total. The van der Waals surface area contributed by atoms with Crippen molar-refractivity contribution in [3.05, 3.63) is 59.4 Å². The summed E-state index contributed by atoms with van der Waals surface area (Å²) in [5.74, 6) is -1.03. The molecule has 0 heterocycles. The number of halogens is 1. The van der Waals surface area contributed by atoms with Crippen LogP contribution in [0.4, 0.5) is 10.1 Å². The van der Waals surface area contributed by atoms with Gasteiger partial charge in [-0.3, -0.25) is 9.59 Å². The van der Waals surface area contributed by atoms with Crippen molar-refractivity contribution in [2.45, 2.75) is 19.8 Å². The number of ketones is 1. The molecule has 0 radical (unpaired) electrons. The average Bonchev–Trinajstić information content (AvgIpc) is 2.49.